The molecule has 0 unspecified atom stereocenters. The second kappa shape index (κ2) is 9.54. The molecule has 152 valence electrons. The van der Waals surface area contributed by atoms with E-state index in [1.54, 1.807) is 12.1 Å². The van der Waals surface area contributed by atoms with Crippen molar-refractivity contribution in [2.75, 3.05) is 6.54 Å². The van der Waals surface area contributed by atoms with Crippen LogP contribution in [-0.4, -0.2) is 47.6 Å². The number of aliphatic carboxylic acids is 1. The number of carboxylic acids is 1. The molecule has 2 amide bonds. The van der Waals surface area contributed by atoms with Crippen LogP contribution in [0.15, 0.2) is 54.6 Å². The number of nitrogens with one attached hydrogen (secondary N) is 3. The molecule has 7 nitrogen and oxygen atoms in total. The predicted molar refractivity (Wildman–Crippen MR) is 109 cm³/mol. The van der Waals surface area contributed by atoms with Gasteiger partial charge >= 0.3 is 5.97 Å². The van der Waals surface area contributed by atoms with Crippen molar-refractivity contribution >= 4 is 29.4 Å². The van der Waals surface area contributed by atoms with E-state index in [1.165, 1.54) is 0 Å². The number of carboxylic acid groups (broad SMARTS) is 1. The minimum absolute atomic E-state index is 0.309. The summed E-state index contributed by atoms with van der Waals surface area (Å²) in [4.78, 5) is 36.0. The molecular formula is C21H22ClN3O4. The molecule has 1 aliphatic heterocycles. The Labute approximate surface area is 173 Å². The minimum Gasteiger partial charge on any atom is -0.480 e. The molecule has 1 saturated heterocycles. The van der Waals surface area contributed by atoms with Crippen LogP contribution in [0.5, 0.6) is 0 Å². The maximum Gasteiger partial charge on any atom is 0.322 e. The zero-order valence-corrected chi connectivity index (χ0v) is 16.4. The zero-order chi connectivity index (χ0) is 20.8. The Balaban J connectivity index is 1.58. The molecule has 0 saturated carbocycles. The summed E-state index contributed by atoms with van der Waals surface area (Å²) < 4.78 is 0. The molecule has 0 aliphatic carbocycles. The lowest BCUT2D eigenvalue weighted by Gasteiger charge is -2.18. The molecule has 0 aromatic heterocycles. The van der Waals surface area contributed by atoms with E-state index in [4.69, 9.17) is 16.7 Å². The first kappa shape index (κ1) is 20.8. The van der Waals surface area contributed by atoms with Gasteiger partial charge in [-0.1, -0.05) is 54.1 Å². The lowest BCUT2D eigenvalue weighted by atomic mass is 10.0. The maximum atomic E-state index is 12.7. The summed E-state index contributed by atoms with van der Waals surface area (Å²) in [5.74, 6) is -1.90. The van der Waals surface area contributed by atoms with Gasteiger partial charge in [0.1, 0.15) is 18.1 Å². The minimum atomic E-state index is -1.09. The van der Waals surface area contributed by atoms with Gasteiger partial charge in [0.25, 0.3) is 0 Å². The van der Waals surface area contributed by atoms with E-state index in [1.807, 2.05) is 42.5 Å². The monoisotopic (exact) mass is 415 g/mol. The van der Waals surface area contributed by atoms with E-state index in [9.17, 15) is 14.4 Å². The Bertz CT molecular complexity index is 873. The third kappa shape index (κ3) is 6.04. The standard InChI is InChI=1S/C21H22ClN3O4/c22-15-8-6-13(7-9-15)10-11-23-19(26)16(12-14-4-2-1-3-5-14)24-20(27)17-18(25-17)21(28)29/h1-9,16-18,25H,10-12H2,(H,23,26)(H,24,27)(H,28,29)/t16-,17-,18-/m0/s1. The fourth-order valence-corrected chi connectivity index (χ4v) is 3.13. The maximum absolute atomic E-state index is 12.7. The molecular weight excluding hydrogens is 394 g/mol. The van der Waals surface area contributed by atoms with Gasteiger partial charge in [0, 0.05) is 18.0 Å². The van der Waals surface area contributed by atoms with Crippen molar-refractivity contribution in [1.82, 2.24) is 16.0 Å². The summed E-state index contributed by atoms with van der Waals surface area (Å²) >= 11 is 5.87. The lowest BCUT2D eigenvalue weighted by molar-refractivity contribution is -0.137. The van der Waals surface area contributed by atoms with Gasteiger partial charge in [0.15, 0.2) is 0 Å². The quantitative estimate of drug-likeness (QED) is 0.458. The van der Waals surface area contributed by atoms with Crippen LogP contribution in [0.1, 0.15) is 11.1 Å². The molecule has 1 aliphatic rings. The Hall–Kier alpha value is -2.90. The molecule has 0 bridgehead atoms. The summed E-state index contributed by atoms with van der Waals surface area (Å²) in [5, 5.41) is 17.7. The average Bonchev–Trinajstić information content (AvgIpc) is 3.51. The molecule has 1 heterocycles. The number of carbonyl (C=O) groups excluding carboxylic acids is 2. The fraction of sp³-hybridized carbons (Fsp3) is 0.286. The van der Waals surface area contributed by atoms with Crippen molar-refractivity contribution in [1.29, 1.82) is 0 Å². The summed E-state index contributed by atoms with van der Waals surface area (Å²) in [7, 11) is 0. The Morgan fingerprint density at radius 2 is 1.69 bits per heavy atom. The highest BCUT2D eigenvalue weighted by molar-refractivity contribution is 6.30. The van der Waals surface area contributed by atoms with E-state index >= 15 is 0 Å². The molecule has 4 N–H and O–H groups in total. The van der Waals surface area contributed by atoms with Crippen LogP contribution in [0.4, 0.5) is 0 Å². The first-order valence-electron chi connectivity index (χ1n) is 9.29. The number of halogens is 1. The molecule has 3 rings (SSSR count). The van der Waals surface area contributed by atoms with Gasteiger partial charge in [-0.25, -0.2) is 0 Å². The first-order valence-corrected chi connectivity index (χ1v) is 9.67. The van der Waals surface area contributed by atoms with Gasteiger partial charge in [0.05, 0.1) is 0 Å². The van der Waals surface area contributed by atoms with Crippen LogP contribution in [-0.2, 0) is 27.2 Å². The molecule has 1 fully saturated rings. The Morgan fingerprint density at radius 1 is 1.00 bits per heavy atom. The van der Waals surface area contributed by atoms with E-state index in [0.717, 1.165) is 11.1 Å². The number of carbonyl (C=O) groups is 3. The third-order valence-corrected chi connectivity index (χ3v) is 4.93. The van der Waals surface area contributed by atoms with E-state index < -0.39 is 30.0 Å². The highest BCUT2D eigenvalue weighted by atomic mass is 35.5. The largest absolute Gasteiger partial charge is 0.480 e. The van der Waals surface area contributed by atoms with Gasteiger partial charge in [-0.2, -0.15) is 0 Å². The summed E-state index contributed by atoms with van der Waals surface area (Å²) in [6.45, 7) is 0.404. The van der Waals surface area contributed by atoms with Gasteiger partial charge in [0.2, 0.25) is 11.8 Å². The number of hydrogen-bond acceptors (Lipinski definition) is 4. The van der Waals surface area contributed by atoms with Gasteiger partial charge < -0.3 is 15.7 Å². The second-order valence-corrected chi connectivity index (χ2v) is 7.32. The smallest absolute Gasteiger partial charge is 0.322 e. The SMILES string of the molecule is O=C(NCCc1ccc(Cl)cc1)[C@H](Cc1ccccc1)NC(=O)[C@H]1N[C@@H]1C(=O)O. The fourth-order valence-electron chi connectivity index (χ4n) is 3.00. The number of rotatable bonds is 9. The Morgan fingerprint density at radius 3 is 2.31 bits per heavy atom. The zero-order valence-electron chi connectivity index (χ0n) is 15.6. The number of benzene rings is 2. The van der Waals surface area contributed by atoms with Crippen molar-refractivity contribution in [3.05, 3.63) is 70.7 Å². The van der Waals surface area contributed by atoms with Crippen LogP contribution in [0.3, 0.4) is 0 Å². The molecule has 0 spiro atoms. The van der Waals surface area contributed by atoms with E-state index in [0.29, 0.717) is 24.4 Å². The van der Waals surface area contributed by atoms with Crippen LogP contribution in [0.2, 0.25) is 5.02 Å². The summed E-state index contributed by atoms with van der Waals surface area (Å²) in [6.07, 6.45) is 0.935. The highest BCUT2D eigenvalue weighted by Gasteiger charge is 2.48. The molecule has 8 heteroatoms. The number of amides is 2. The topological polar surface area (TPSA) is 117 Å². The number of hydrogen-bond donors (Lipinski definition) is 4. The van der Waals surface area contributed by atoms with Crippen molar-refractivity contribution in [3.8, 4) is 0 Å². The van der Waals surface area contributed by atoms with Crippen LogP contribution >= 0.6 is 11.6 Å². The molecule has 3 atom stereocenters. The third-order valence-electron chi connectivity index (χ3n) is 4.67. The molecule has 2 aromatic rings. The predicted octanol–water partition coefficient (Wildman–Crippen LogP) is 1.15. The average molecular weight is 416 g/mol. The van der Waals surface area contributed by atoms with Gasteiger partial charge in [-0.05, 0) is 29.7 Å². The molecule has 29 heavy (non-hydrogen) atoms. The van der Waals surface area contributed by atoms with Crippen molar-refractivity contribution in [2.24, 2.45) is 0 Å². The lowest BCUT2D eigenvalue weighted by Crippen LogP contribution is -2.50. The van der Waals surface area contributed by atoms with Crippen molar-refractivity contribution < 1.29 is 19.5 Å². The molecule has 2 aromatic carbocycles. The summed E-state index contributed by atoms with van der Waals surface area (Å²) in [5.41, 5.74) is 1.93. The highest BCUT2D eigenvalue weighted by Crippen LogP contribution is 2.13. The van der Waals surface area contributed by atoms with Crippen molar-refractivity contribution in [3.63, 3.8) is 0 Å². The van der Waals surface area contributed by atoms with Gasteiger partial charge in [-0.15, -0.1) is 0 Å². The van der Waals surface area contributed by atoms with Crippen LogP contribution in [0.25, 0.3) is 0 Å². The summed E-state index contributed by atoms with van der Waals surface area (Å²) in [6, 6.07) is 14.2. The normalized spacial score (nSPS) is 18.5. The van der Waals surface area contributed by atoms with Crippen LogP contribution < -0.4 is 16.0 Å². The molecule has 0 radical (unpaired) electrons. The van der Waals surface area contributed by atoms with E-state index in [-0.39, 0.29) is 5.91 Å². The Kier molecular flexibility index (Phi) is 6.85. The van der Waals surface area contributed by atoms with E-state index in [2.05, 4.69) is 16.0 Å². The van der Waals surface area contributed by atoms with Crippen LogP contribution in [0, 0.1) is 0 Å². The van der Waals surface area contributed by atoms with Gasteiger partial charge in [-0.3, -0.25) is 19.7 Å². The van der Waals surface area contributed by atoms with Crippen molar-refractivity contribution in [2.45, 2.75) is 31.0 Å². The first-order chi connectivity index (χ1) is 13.9. The second-order valence-electron chi connectivity index (χ2n) is 6.88.